The molecular formula is C15H18O4. The molecule has 2 aromatic rings. The fraction of sp³-hybridized carbons (Fsp3) is 0.400. The number of aromatic carboxylic acids is 1. The van der Waals surface area contributed by atoms with Gasteiger partial charge in [-0.15, -0.1) is 0 Å². The molecule has 0 aliphatic rings. The minimum absolute atomic E-state index is 0.0315. The summed E-state index contributed by atoms with van der Waals surface area (Å²) < 4.78 is 10.8. The van der Waals surface area contributed by atoms with E-state index in [9.17, 15) is 4.79 Å². The number of unbranched alkanes of at least 4 members (excludes halogenated alkanes) is 2. The van der Waals surface area contributed by atoms with E-state index in [4.69, 9.17) is 14.3 Å². The molecule has 1 aromatic carbocycles. The highest BCUT2D eigenvalue weighted by Gasteiger charge is 2.10. The third kappa shape index (κ3) is 3.58. The average Bonchev–Trinajstić information content (AvgIpc) is 2.82. The van der Waals surface area contributed by atoms with Crippen molar-refractivity contribution in [2.45, 2.75) is 32.8 Å². The quantitative estimate of drug-likeness (QED) is 0.770. The number of carbonyl (C=O) groups is 1. The van der Waals surface area contributed by atoms with Gasteiger partial charge in [0, 0.05) is 12.0 Å². The maximum atomic E-state index is 10.8. The summed E-state index contributed by atoms with van der Waals surface area (Å²) in [4.78, 5) is 10.8. The summed E-state index contributed by atoms with van der Waals surface area (Å²) in [5, 5.41) is 9.66. The van der Waals surface area contributed by atoms with Crippen molar-refractivity contribution in [1.29, 1.82) is 0 Å². The Morgan fingerprint density at radius 3 is 2.89 bits per heavy atom. The largest absolute Gasteiger partial charge is 0.475 e. The average molecular weight is 262 g/mol. The van der Waals surface area contributed by atoms with E-state index in [1.807, 2.05) is 12.1 Å². The molecule has 19 heavy (non-hydrogen) atoms. The summed E-state index contributed by atoms with van der Waals surface area (Å²) in [5.74, 6) is -1.08. The third-order valence-electron chi connectivity index (χ3n) is 2.95. The first-order valence-electron chi connectivity index (χ1n) is 6.54. The Hall–Kier alpha value is -1.81. The second-order valence-corrected chi connectivity index (χ2v) is 4.55. The first-order chi connectivity index (χ1) is 9.20. The van der Waals surface area contributed by atoms with Crippen molar-refractivity contribution in [3.05, 3.63) is 35.6 Å². The molecule has 1 N–H and O–H groups in total. The number of benzene rings is 1. The predicted octanol–water partition coefficient (Wildman–Crippen LogP) is 3.84. The van der Waals surface area contributed by atoms with Gasteiger partial charge in [0.05, 0.1) is 6.61 Å². The molecule has 0 bridgehead atoms. The first kappa shape index (κ1) is 13.6. The van der Waals surface area contributed by atoms with Crippen LogP contribution in [0.15, 0.2) is 28.7 Å². The number of furan rings is 1. The fourth-order valence-corrected chi connectivity index (χ4v) is 1.93. The van der Waals surface area contributed by atoms with Gasteiger partial charge in [0.1, 0.15) is 5.58 Å². The monoisotopic (exact) mass is 262 g/mol. The second kappa shape index (κ2) is 6.38. The molecule has 0 amide bonds. The zero-order chi connectivity index (χ0) is 13.7. The van der Waals surface area contributed by atoms with Crippen LogP contribution in [0.4, 0.5) is 0 Å². The van der Waals surface area contributed by atoms with Gasteiger partial charge in [-0.2, -0.15) is 0 Å². The molecular weight excluding hydrogens is 244 g/mol. The molecule has 4 heteroatoms. The van der Waals surface area contributed by atoms with Gasteiger partial charge in [-0.1, -0.05) is 25.8 Å². The van der Waals surface area contributed by atoms with Crippen molar-refractivity contribution in [2.24, 2.45) is 0 Å². The fourth-order valence-electron chi connectivity index (χ4n) is 1.93. The maximum Gasteiger partial charge on any atom is 0.371 e. The van der Waals surface area contributed by atoms with E-state index >= 15 is 0 Å². The van der Waals surface area contributed by atoms with E-state index in [-0.39, 0.29) is 5.76 Å². The predicted molar refractivity (Wildman–Crippen MR) is 72.4 cm³/mol. The lowest BCUT2D eigenvalue weighted by Crippen LogP contribution is -1.95. The lowest BCUT2D eigenvalue weighted by molar-refractivity contribution is 0.0665. The molecule has 1 aromatic heterocycles. The lowest BCUT2D eigenvalue weighted by Gasteiger charge is -2.03. The normalized spacial score (nSPS) is 11.0. The van der Waals surface area contributed by atoms with Crippen LogP contribution in [0.5, 0.6) is 0 Å². The van der Waals surface area contributed by atoms with Gasteiger partial charge in [-0.25, -0.2) is 4.79 Å². The van der Waals surface area contributed by atoms with Gasteiger partial charge in [-0.05, 0) is 30.2 Å². The zero-order valence-corrected chi connectivity index (χ0v) is 11.0. The Kier molecular flexibility index (Phi) is 4.58. The molecule has 2 rings (SSSR count). The maximum absolute atomic E-state index is 10.8. The van der Waals surface area contributed by atoms with Gasteiger partial charge in [0.15, 0.2) is 0 Å². The van der Waals surface area contributed by atoms with Crippen LogP contribution >= 0.6 is 0 Å². The Morgan fingerprint density at radius 2 is 2.16 bits per heavy atom. The molecule has 0 aliphatic carbocycles. The van der Waals surface area contributed by atoms with Crippen molar-refractivity contribution in [3.8, 4) is 0 Å². The Morgan fingerprint density at radius 1 is 1.32 bits per heavy atom. The summed E-state index contributed by atoms with van der Waals surface area (Å²) in [6, 6.07) is 7.13. The van der Waals surface area contributed by atoms with Gasteiger partial charge in [-0.3, -0.25) is 0 Å². The van der Waals surface area contributed by atoms with E-state index in [0.717, 1.165) is 24.0 Å². The number of carboxylic acid groups (broad SMARTS) is 1. The number of hydrogen-bond donors (Lipinski definition) is 1. The molecule has 4 nitrogen and oxygen atoms in total. The van der Waals surface area contributed by atoms with E-state index < -0.39 is 5.97 Å². The third-order valence-corrected chi connectivity index (χ3v) is 2.95. The molecule has 0 saturated heterocycles. The number of carboxylic acids is 1. The van der Waals surface area contributed by atoms with Crippen LogP contribution in [-0.2, 0) is 11.3 Å². The molecule has 0 spiro atoms. The van der Waals surface area contributed by atoms with Crippen LogP contribution in [0.2, 0.25) is 0 Å². The Bertz CT molecular complexity index is 556. The van der Waals surface area contributed by atoms with E-state index in [0.29, 0.717) is 12.2 Å². The molecule has 0 aliphatic heterocycles. The van der Waals surface area contributed by atoms with Gasteiger partial charge < -0.3 is 14.3 Å². The minimum Gasteiger partial charge on any atom is -0.475 e. The number of hydrogen-bond acceptors (Lipinski definition) is 3. The number of rotatable bonds is 7. The highest BCUT2D eigenvalue weighted by Crippen LogP contribution is 2.21. The van der Waals surface area contributed by atoms with Crippen LogP contribution in [0.25, 0.3) is 11.0 Å². The van der Waals surface area contributed by atoms with Crippen LogP contribution in [0.3, 0.4) is 0 Å². The van der Waals surface area contributed by atoms with Crippen molar-refractivity contribution in [1.82, 2.24) is 0 Å². The number of ether oxygens (including phenoxy) is 1. The highest BCUT2D eigenvalue weighted by molar-refractivity contribution is 5.91. The SMILES string of the molecule is CCCCCOCc1ccc2oc(C(=O)O)cc2c1. The van der Waals surface area contributed by atoms with E-state index in [1.54, 1.807) is 6.07 Å². The Balaban J connectivity index is 1.98. The molecule has 1 heterocycles. The summed E-state index contributed by atoms with van der Waals surface area (Å²) >= 11 is 0. The van der Waals surface area contributed by atoms with Crippen molar-refractivity contribution in [3.63, 3.8) is 0 Å². The second-order valence-electron chi connectivity index (χ2n) is 4.55. The van der Waals surface area contributed by atoms with Gasteiger partial charge >= 0.3 is 5.97 Å². The summed E-state index contributed by atoms with van der Waals surface area (Å²) in [7, 11) is 0. The summed E-state index contributed by atoms with van der Waals surface area (Å²) in [6.45, 7) is 3.47. The van der Waals surface area contributed by atoms with Crippen LogP contribution in [-0.4, -0.2) is 17.7 Å². The van der Waals surface area contributed by atoms with Gasteiger partial charge in [0.2, 0.25) is 5.76 Å². The molecule has 0 saturated carbocycles. The zero-order valence-electron chi connectivity index (χ0n) is 11.0. The highest BCUT2D eigenvalue weighted by atomic mass is 16.5. The molecule has 0 radical (unpaired) electrons. The lowest BCUT2D eigenvalue weighted by atomic mass is 10.1. The van der Waals surface area contributed by atoms with Gasteiger partial charge in [0.25, 0.3) is 0 Å². The first-order valence-corrected chi connectivity index (χ1v) is 6.54. The standard InChI is InChI=1S/C15H18O4/c1-2-3-4-7-18-10-11-5-6-13-12(8-11)9-14(19-13)15(16)17/h5-6,8-9H,2-4,7,10H2,1H3,(H,16,17). The summed E-state index contributed by atoms with van der Waals surface area (Å²) in [6.07, 6.45) is 3.44. The molecule has 0 fully saturated rings. The topological polar surface area (TPSA) is 59.7 Å². The number of fused-ring (bicyclic) bond motifs is 1. The Labute approximate surface area is 112 Å². The van der Waals surface area contributed by atoms with Crippen molar-refractivity contribution >= 4 is 16.9 Å². The smallest absolute Gasteiger partial charge is 0.371 e. The molecule has 0 unspecified atom stereocenters. The van der Waals surface area contributed by atoms with Crippen LogP contribution < -0.4 is 0 Å². The summed E-state index contributed by atoms with van der Waals surface area (Å²) in [5.41, 5.74) is 1.62. The van der Waals surface area contributed by atoms with E-state index in [1.165, 1.54) is 18.9 Å². The van der Waals surface area contributed by atoms with E-state index in [2.05, 4.69) is 6.92 Å². The molecule has 102 valence electrons. The van der Waals surface area contributed by atoms with Crippen molar-refractivity contribution in [2.75, 3.05) is 6.61 Å². The van der Waals surface area contributed by atoms with Crippen LogP contribution in [0.1, 0.15) is 42.3 Å². The minimum atomic E-state index is -1.05. The van der Waals surface area contributed by atoms with Crippen LogP contribution in [0, 0.1) is 0 Å². The molecule has 0 atom stereocenters. The van der Waals surface area contributed by atoms with Crippen molar-refractivity contribution < 1.29 is 19.1 Å².